The van der Waals surface area contributed by atoms with Crippen LogP contribution in [0, 0.1) is 12.3 Å². The van der Waals surface area contributed by atoms with Crippen LogP contribution in [-0.2, 0) is 6.54 Å². The zero-order valence-electron chi connectivity index (χ0n) is 17.8. The van der Waals surface area contributed by atoms with Crippen molar-refractivity contribution in [3.05, 3.63) is 77.8 Å². The second-order valence-corrected chi connectivity index (χ2v) is 8.80. The Labute approximate surface area is 182 Å². The Morgan fingerprint density at radius 1 is 1.13 bits per heavy atom. The summed E-state index contributed by atoms with van der Waals surface area (Å²) in [6, 6.07) is 13.7. The zero-order valence-corrected chi connectivity index (χ0v) is 17.8. The number of hydrogen-bond acceptors (Lipinski definition) is 6. The lowest BCUT2D eigenvalue weighted by Gasteiger charge is -2.39. The number of piperidine rings is 1. The standard InChI is InChI=1S/C24H27N5O2/c1-18-26-27-22(31-18)21-14-24(17-29(21)16-19-6-5-11-25-15-19)9-12-28(13-10-24)23(30)20-7-3-2-4-8-20/h2-8,11,15,21H,9-10,12-14,16-17H2,1H3. The summed E-state index contributed by atoms with van der Waals surface area (Å²) < 4.78 is 5.84. The van der Waals surface area contributed by atoms with Crippen LogP contribution in [0.15, 0.2) is 59.3 Å². The molecule has 1 atom stereocenters. The van der Waals surface area contributed by atoms with E-state index in [4.69, 9.17) is 4.42 Å². The molecule has 1 unspecified atom stereocenters. The molecule has 160 valence electrons. The summed E-state index contributed by atoms with van der Waals surface area (Å²) in [7, 11) is 0. The number of amides is 1. The van der Waals surface area contributed by atoms with Crippen molar-refractivity contribution in [1.29, 1.82) is 0 Å². The third-order valence-electron chi connectivity index (χ3n) is 6.67. The van der Waals surface area contributed by atoms with Crippen LogP contribution in [0.2, 0.25) is 0 Å². The van der Waals surface area contributed by atoms with Gasteiger partial charge in [-0.25, -0.2) is 0 Å². The second-order valence-electron chi connectivity index (χ2n) is 8.80. The van der Waals surface area contributed by atoms with Crippen molar-refractivity contribution in [3.8, 4) is 0 Å². The smallest absolute Gasteiger partial charge is 0.253 e. The molecule has 0 saturated carbocycles. The van der Waals surface area contributed by atoms with Crippen molar-refractivity contribution in [2.45, 2.75) is 38.8 Å². The Morgan fingerprint density at radius 2 is 1.94 bits per heavy atom. The maximum absolute atomic E-state index is 12.9. The first-order chi connectivity index (χ1) is 15.1. The van der Waals surface area contributed by atoms with Crippen molar-refractivity contribution in [2.75, 3.05) is 19.6 Å². The lowest BCUT2D eigenvalue weighted by atomic mass is 9.76. The molecule has 2 aromatic heterocycles. The van der Waals surface area contributed by atoms with Gasteiger partial charge in [0.2, 0.25) is 11.8 Å². The van der Waals surface area contributed by atoms with E-state index in [-0.39, 0.29) is 17.4 Å². The second kappa shape index (κ2) is 8.23. The molecule has 1 amide bonds. The monoisotopic (exact) mass is 417 g/mol. The number of aromatic nitrogens is 3. The normalized spacial score (nSPS) is 20.9. The Morgan fingerprint density at radius 3 is 2.61 bits per heavy atom. The molecule has 7 heteroatoms. The van der Waals surface area contributed by atoms with Crippen molar-refractivity contribution in [3.63, 3.8) is 0 Å². The topological polar surface area (TPSA) is 75.4 Å². The van der Waals surface area contributed by atoms with Crippen molar-refractivity contribution in [1.82, 2.24) is 25.0 Å². The summed E-state index contributed by atoms with van der Waals surface area (Å²) >= 11 is 0. The van der Waals surface area contributed by atoms with Gasteiger partial charge in [-0.15, -0.1) is 10.2 Å². The highest BCUT2D eigenvalue weighted by Gasteiger charge is 2.48. The molecule has 31 heavy (non-hydrogen) atoms. The molecule has 0 bridgehead atoms. The average Bonchev–Trinajstić information content (AvgIpc) is 3.39. The van der Waals surface area contributed by atoms with Crippen molar-refractivity contribution in [2.24, 2.45) is 5.41 Å². The highest BCUT2D eigenvalue weighted by atomic mass is 16.4. The zero-order chi connectivity index (χ0) is 21.3. The van der Waals surface area contributed by atoms with Crippen LogP contribution in [-0.4, -0.2) is 50.5 Å². The van der Waals surface area contributed by atoms with Gasteiger partial charge < -0.3 is 9.32 Å². The number of pyridine rings is 1. The van der Waals surface area contributed by atoms with E-state index in [1.165, 1.54) is 5.56 Å². The van der Waals surface area contributed by atoms with Crippen LogP contribution in [0.5, 0.6) is 0 Å². The number of likely N-dealkylation sites (tertiary alicyclic amines) is 2. The molecular formula is C24H27N5O2. The number of carbonyl (C=O) groups is 1. The molecule has 2 fully saturated rings. The SMILES string of the molecule is Cc1nnc(C2CC3(CCN(C(=O)c4ccccc4)CC3)CN2Cc2cccnc2)o1. The highest BCUT2D eigenvalue weighted by molar-refractivity contribution is 5.94. The number of nitrogens with zero attached hydrogens (tertiary/aromatic N) is 5. The third-order valence-corrected chi connectivity index (χ3v) is 6.67. The summed E-state index contributed by atoms with van der Waals surface area (Å²) in [5, 5.41) is 8.41. The van der Waals surface area contributed by atoms with Crippen LogP contribution < -0.4 is 0 Å². The molecule has 5 rings (SSSR count). The summed E-state index contributed by atoms with van der Waals surface area (Å²) in [5.74, 6) is 1.42. The third kappa shape index (κ3) is 4.10. The quantitative estimate of drug-likeness (QED) is 0.645. The molecular weight excluding hydrogens is 390 g/mol. The molecule has 0 N–H and O–H groups in total. The maximum Gasteiger partial charge on any atom is 0.253 e. The fourth-order valence-corrected chi connectivity index (χ4v) is 5.04. The van der Waals surface area contributed by atoms with Gasteiger partial charge in [0.25, 0.3) is 5.91 Å². The van der Waals surface area contributed by atoms with E-state index in [0.29, 0.717) is 11.8 Å². The van der Waals surface area contributed by atoms with E-state index in [2.05, 4.69) is 26.1 Å². The number of benzene rings is 1. The summed E-state index contributed by atoms with van der Waals surface area (Å²) in [5.41, 5.74) is 2.10. The van der Waals surface area contributed by atoms with Crippen LogP contribution in [0.3, 0.4) is 0 Å². The van der Waals surface area contributed by atoms with Crippen LogP contribution >= 0.6 is 0 Å². The fourth-order valence-electron chi connectivity index (χ4n) is 5.04. The van der Waals surface area contributed by atoms with Gasteiger partial charge in [-0.3, -0.25) is 14.7 Å². The van der Waals surface area contributed by atoms with E-state index < -0.39 is 0 Å². The number of rotatable bonds is 4. The van der Waals surface area contributed by atoms with Gasteiger partial charge in [0.15, 0.2) is 0 Å². The number of aryl methyl sites for hydroxylation is 1. The first kappa shape index (κ1) is 19.9. The van der Waals surface area contributed by atoms with E-state index in [1.807, 2.05) is 54.4 Å². The Kier molecular flexibility index (Phi) is 5.28. The lowest BCUT2D eigenvalue weighted by molar-refractivity contribution is 0.0588. The number of hydrogen-bond donors (Lipinski definition) is 0. The summed E-state index contributed by atoms with van der Waals surface area (Å²) in [6.07, 6.45) is 6.66. The molecule has 0 aliphatic carbocycles. The van der Waals surface area contributed by atoms with E-state index in [1.54, 1.807) is 6.20 Å². The van der Waals surface area contributed by atoms with Gasteiger partial charge in [-0.1, -0.05) is 24.3 Å². The first-order valence-electron chi connectivity index (χ1n) is 10.9. The van der Waals surface area contributed by atoms with Gasteiger partial charge in [0.1, 0.15) is 0 Å². The van der Waals surface area contributed by atoms with Crippen molar-refractivity contribution >= 4 is 5.91 Å². The van der Waals surface area contributed by atoms with Gasteiger partial charge in [0.05, 0.1) is 6.04 Å². The Hall–Kier alpha value is -3.06. The van der Waals surface area contributed by atoms with E-state index in [9.17, 15) is 4.79 Å². The largest absolute Gasteiger partial charge is 0.424 e. The fraction of sp³-hybridized carbons (Fsp3) is 0.417. The molecule has 4 heterocycles. The van der Waals surface area contributed by atoms with Crippen LogP contribution in [0.4, 0.5) is 0 Å². The molecule has 2 aliphatic rings. The minimum atomic E-state index is 0.0952. The van der Waals surface area contributed by atoms with E-state index >= 15 is 0 Å². The molecule has 7 nitrogen and oxygen atoms in total. The van der Waals surface area contributed by atoms with Crippen molar-refractivity contribution < 1.29 is 9.21 Å². The van der Waals surface area contributed by atoms with E-state index in [0.717, 1.165) is 51.0 Å². The Balaban J connectivity index is 1.32. The van der Waals surface area contributed by atoms with Gasteiger partial charge in [-0.2, -0.15) is 0 Å². The van der Waals surface area contributed by atoms with Gasteiger partial charge >= 0.3 is 0 Å². The van der Waals surface area contributed by atoms with Gasteiger partial charge in [-0.05, 0) is 48.4 Å². The van der Waals surface area contributed by atoms with Crippen LogP contribution in [0.1, 0.15) is 53.0 Å². The predicted molar refractivity (Wildman–Crippen MR) is 115 cm³/mol. The molecule has 1 spiro atoms. The molecule has 2 aliphatic heterocycles. The molecule has 3 aromatic rings. The molecule has 2 saturated heterocycles. The average molecular weight is 418 g/mol. The lowest BCUT2D eigenvalue weighted by Crippen LogP contribution is -2.44. The van der Waals surface area contributed by atoms with Crippen LogP contribution in [0.25, 0.3) is 0 Å². The first-order valence-corrected chi connectivity index (χ1v) is 10.9. The molecule has 1 aromatic carbocycles. The predicted octanol–water partition coefficient (Wildman–Crippen LogP) is 3.64. The number of carbonyl (C=O) groups excluding carboxylic acids is 1. The van der Waals surface area contributed by atoms with Gasteiger partial charge in [0, 0.05) is 51.1 Å². The summed E-state index contributed by atoms with van der Waals surface area (Å²) in [4.78, 5) is 21.6. The molecule has 0 radical (unpaired) electrons. The highest BCUT2D eigenvalue weighted by Crippen LogP contribution is 2.49. The minimum Gasteiger partial charge on any atom is -0.424 e. The summed E-state index contributed by atoms with van der Waals surface area (Å²) in [6.45, 7) is 5.16. The maximum atomic E-state index is 12.9. The Bertz CT molecular complexity index is 1030. The minimum absolute atomic E-state index is 0.0952.